The third-order valence-corrected chi connectivity index (χ3v) is 5.27. The van der Waals surface area contributed by atoms with Crippen molar-refractivity contribution in [1.29, 1.82) is 0 Å². The molecule has 5 heteroatoms. The van der Waals surface area contributed by atoms with Gasteiger partial charge in [0.1, 0.15) is 0 Å². The molecule has 30 heavy (non-hydrogen) atoms. The lowest BCUT2D eigenvalue weighted by atomic mass is 10.0. The second kappa shape index (κ2) is 7.95. The first-order valence-corrected chi connectivity index (χ1v) is 9.90. The van der Waals surface area contributed by atoms with E-state index in [1.54, 1.807) is 48.5 Å². The highest BCUT2D eigenvalue weighted by Gasteiger charge is 2.34. The highest BCUT2D eigenvalue weighted by atomic mass is 16.2. The first-order chi connectivity index (χ1) is 14.5. The van der Waals surface area contributed by atoms with Crippen molar-refractivity contribution < 1.29 is 14.4 Å². The number of hydrogen-bond acceptors (Lipinski definition) is 3. The molecule has 3 aromatic rings. The topological polar surface area (TPSA) is 66.5 Å². The number of benzene rings is 3. The Morgan fingerprint density at radius 3 is 2.00 bits per heavy atom. The zero-order valence-electron chi connectivity index (χ0n) is 16.9. The molecule has 1 aliphatic heterocycles. The van der Waals surface area contributed by atoms with Crippen LogP contribution in [0.5, 0.6) is 0 Å². The maximum Gasteiger partial charge on any atom is 0.261 e. The number of imide groups is 1. The average molecular weight is 398 g/mol. The number of carbonyl (C=O) groups is 3. The van der Waals surface area contributed by atoms with Crippen LogP contribution in [-0.2, 0) is 6.54 Å². The normalized spacial score (nSPS) is 13.0. The number of nitrogens with zero attached hydrogens (tertiary/aromatic N) is 1. The van der Waals surface area contributed by atoms with E-state index in [1.807, 2.05) is 24.3 Å². The van der Waals surface area contributed by atoms with Crippen molar-refractivity contribution >= 4 is 23.4 Å². The SMILES string of the molecule is CC(C)c1ccccc1NC(=O)c1ccc(CN2C(=O)c3ccccc3C2=O)cc1. The van der Waals surface area contributed by atoms with Gasteiger partial charge in [0, 0.05) is 11.3 Å². The molecule has 150 valence electrons. The number of rotatable bonds is 5. The largest absolute Gasteiger partial charge is 0.322 e. The van der Waals surface area contributed by atoms with Gasteiger partial charge in [0.05, 0.1) is 17.7 Å². The van der Waals surface area contributed by atoms with E-state index in [0.717, 1.165) is 16.8 Å². The molecule has 0 aromatic heterocycles. The molecule has 3 amide bonds. The summed E-state index contributed by atoms with van der Waals surface area (Å²) in [5, 5.41) is 2.97. The number of nitrogens with one attached hydrogen (secondary N) is 1. The van der Waals surface area contributed by atoms with Crippen molar-refractivity contribution in [1.82, 2.24) is 4.90 Å². The van der Waals surface area contributed by atoms with Crippen molar-refractivity contribution in [2.24, 2.45) is 0 Å². The molecule has 1 heterocycles. The fourth-order valence-corrected chi connectivity index (χ4v) is 3.64. The predicted molar refractivity (Wildman–Crippen MR) is 116 cm³/mol. The lowest BCUT2D eigenvalue weighted by molar-refractivity contribution is 0.0642. The second-order valence-electron chi connectivity index (χ2n) is 7.64. The molecule has 5 nitrogen and oxygen atoms in total. The molecule has 0 atom stereocenters. The smallest absolute Gasteiger partial charge is 0.261 e. The molecule has 4 rings (SSSR count). The van der Waals surface area contributed by atoms with E-state index >= 15 is 0 Å². The zero-order chi connectivity index (χ0) is 21.3. The summed E-state index contributed by atoms with van der Waals surface area (Å²) < 4.78 is 0. The van der Waals surface area contributed by atoms with Gasteiger partial charge in [-0.3, -0.25) is 19.3 Å². The van der Waals surface area contributed by atoms with E-state index in [9.17, 15) is 14.4 Å². The Labute approximate surface area is 175 Å². The van der Waals surface area contributed by atoms with Crippen LogP contribution in [0.25, 0.3) is 0 Å². The van der Waals surface area contributed by atoms with Crippen molar-refractivity contribution in [3.05, 3.63) is 101 Å². The van der Waals surface area contributed by atoms with Crippen LogP contribution in [0.1, 0.15) is 62.0 Å². The molecule has 0 aliphatic carbocycles. The summed E-state index contributed by atoms with van der Waals surface area (Å²) >= 11 is 0. The summed E-state index contributed by atoms with van der Waals surface area (Å²) in [6.45, 7) is 4.34. The molecule has 0 saturated carbocycles. The highest BCUT2D eigenvalue weighted by Crippen LogP contribution is 2.26. The van der Waals surface area contributed by atoms with Gasteiger partial charge in [0.15, 0.2) is 0 Å². The number of fused-ring (bicyclic) bond motifs is 1. The van der Waals surface area contributed by atoms with E-state index in [2.05, 4.69) is 19.2 Å². The highest BCUT2D eigenvalue weighted by molar-refractivity contribution is 6.21. The van der Waals surface area contributed by atoms with Gasteiger partial charge in [-0.1, -0.05) is 56.3 Å². The summed E-state index contributed by atoms with van der Waals surface area (Å²) in [7, 11) is 0. The summed E-state index contributed by atoms with van der Waals surface area (Å²) in [5.74, 6) is -0.482. The monoisotopic (exact) mass is 398 g/mol. The van der Waals surface area contributed by atoms with Crippen LogP contribution in [0, 0.1) is 0 Å². The fraction of sp³-hybridized carbons (Fsp3) is 0.160. The molecule has 0 fully saturated rings. The van der Waals surface area contributed by atoms with Crippen LogP contribution in [-0.4, -0.2) is 22.6 Å². The molecule has 3 aromatic carbocycles. The van der Waals surface area contributed by atoms with Gasteiger partial charge >= 0.3 is 0 Å². The third-order valence-electron chi connectivity index (χ3n) is 5.27. The Balaban J connectivity index is 1.47. The van der Waals surface area contributed by atoms with Crippen LogP contribution in [0.3, 0.4) is 0 Å². The second-order valence-corrected chi connectivity index (χ2v) is 7.64. The van der Waals surface area contributed by atoms with Crippen LogP contribution in [0.15, 0.2) is 72.8 Å². The molecular formula is C25H22N2O3. The number of amides is 3. The quantitative estimate of drug-likeness (QED) is 0.624. The number of anilines is 1. The van der Waals surface area contributed by atoms with E-state index in [4.69, 9.17) is 0 Å². The van der Waals surface area contributed by atoms with Crippen molar-refractivity contribution in [3.8, 4) is 0 Å². The van der Waals surface area contributed by atoms with Gasteiger partial charge in [-0.15, -0.1) is 0 Å². The number of carbonyl (C=O) groups excluding carboxylic acids is 3. The van der Waals surface area contributed by atoms with Crippen molar-refractivity contribution in [2.45, 2.75) is 26.3 Å². The Kier molecular flexibility index (Phi) is 5.19. The maximum atomic E-state index is 12.7. The minimum Gasteiger partial charge on any atom is -0.322 e. The van der Waals surface area contributed by atoms with Crippen LogP contribution >= 0.6 is 0 Å². The Hall–Kier alpha value is -3.73. The molecule has 0 radical (unpaired) electrons. The first-order valence-electron chi connectivity index (χ1n) is 9.90. The van der Waals surface area contributed by atoms with Gasteiger partial charge in [-0.25, -0.2) is 0 Å². The van der Waals surface area contributed by atoms with E-state index in [-0.39, 0.29) is 24.3 Å². The van der Waals surface area contributed by atoms with Crippen molar-refractivity contribution in [2.75, 3.05) is 5.32 Å². The first kappa shape index (κ1) is 19.6. The Morgan fingerprint density at radius 2 is 1.40 bits per heavy atom. The minimum absolute atomic E-state index is 0.171. The molecular weight excluding hydrogens is 376 g/mol. The Bertz CT molecular complexity index is 1100. The van der Waals surface area contributed by atoms with Crippen LogP contribution in [0.2, 0.25) is 0 Å². The summed E-state index contributed by atoms with van der Waals surface area (Å²) in [6, 6.07) is 21.5. The van der Waals surface area contributed by atoms with Gasteiger partial charge < -0.3 is 5.32 Å². The number of para-hydroxylation sites is 1. The van der Waals surface area contributed by atoms with E-state index < -0.39 is 0 Å². The molecule has 0 spiro atoms. The van der Waals surface area contributed by atoms with Gasteiger partial charge in [-0.2, -0.15) is 0 Å². The molecule has 0 bridgehead atoms. The lowest BCUT2D eigenvalue weighted by Crippen LogP contribution is -2.29. The van der Waals surface area contributed by atoms with Crippen LogP contribution < -0.4 is 5.32 Å². The summed E-state index contributed by atoms with van der Waals surface area (Å²) in [5.41, 5.74) is 4.04. The molecule has 1 N–H and O–H groups in total. The molecule has 0 unspecified atom stereocenters. The van der Waals surface area contributed by atoms with E-state index in [1.165, 1.54) is 4.90 Å². The fourth-order valence-electron chi connectivity index (χ4n) is 3.64. The Morgan fingerprint density at radius 1 is 0.833 bits per heavy atom. The van der Waals surface area contributed by atoms with Crippen molar-refractivity contribution in [3.63, 3.8) is 0 Å². The maximum absolute atomic E-state index is 12.7. The number of hydrogen-bond donors (Lipinski definition) is 1. The van der Waals surface area contributed by atoms with E-state index in [0.29, 0.717) is 22.6 Å². The van der Waals surface area contributed by atoms with Gasteiger partial charge in [-0.05, 0) is 47.4 Å². The summed E-state index contributed by atoms with van der Waals surface area (Å²) in [4.78, 5) is 38.9. The predicted octanol–water partition coefficient (Wildman–Crippen LogP) is 4.86. The van der Waals surface area contributed by atoms with Gasteiger partial charge in [0.25, 0.3) is 17.7 Å². The minimum atomic E-state index is -0.289. The summed E-state index contributed by atoms with van der Waals surface area (Å²) in [6.07, 6.45) is 0. The van der Waals surface area contributed by atoms with Gasteiger partial charge in [0.2, 0.25) is 0 Å². The lowest BCUT2D eigenvalue weighted by Gasteiger charge is -2.15. The zero-order valence-corrected chi connectivity index (χ0v) is 16.9. The van der Waals surface area contributed by atoms with Crippen LogP contribution in [0.4, 0.5) is 5.69 Å². The third kappa shape index (κ3) is 3.62. The average Bonchev–Trinajstić information content (AvgIpc) is 2.99. The molecule has 0 saturated heterocycles. The standard InChI is InChI=1S/C25H22N2O3/c1-16(2)19-7-5-6-10-22(19)26-23(28)18-13-11-17(12-14-18)15-27-24(29)20-8-3-4-9-21(20)25(27)30/h3-14,16H,15H2,1-2H3,(H,26,28). The molecule has 1 aliphatic rings.